The van der Waals surface area contributed by atoms with Crippen LogP contribution < -0.4 is 5.32 Å². The number of para-hydroxylation sites is 1. The zero-order chi connectivity index (χ0) is 17.5. The van der Waals surface area contributed by atoms with Crippen LogP contribution >= 0.6 is 11.8 Å². The number of anilines is 1. The molecule has 0 saturated carbocycles. The average molecular weight is 352 g/mol. The summed E-state index contributed by atoms with van der Waals surface area (Å²) in [7, 11) is 0. The number of hydrogen-bond donors (Lipinski definition) is 2. The van der Waals surface area contributed by atoms with Gasteiger partial charge in [-0.2, -0.15) is 10.5 Å². The van der Waals surface area contributed by atoms with Crippen LogP contribution in [0, 0.1) is 17.1 Å². The third-order valence-electron chi connectivity index (χ3n) is 3.31. The molecule has 6 nitrogen and oxygen atoms in total. The minimum atomic E-state index is -0.218. The molecule has 0 unspecified atom stereocenters. The van der Waals surface area contributed by atoms with E-state index in [-0.39, 0.29) is 17.2 Å². The minimum absolute atomic E-state index is 0.214. The molecule has 0 bridgehead atoms. The largest absolute Gasteiger partial charge is 0.359 e. The number of nitrogens with one attached hydrogen (secondary N) is 2. The molecule has 0 aliphatic heterocycles. The van der Waals surface area contributed by atoms with Gasteiger partial charge in [0.25, 0.3) is 0 Å². The van der Waals surface area contributed by atoms with Crippen LogP contribution in [-0.2, 0) is 5.75 Å². The number of nitriles is 1. The van der Waals surface area contributed by atoms with Crippen LogP contribution in [0.2, 0.25) is 0 Å². The lowest BCUT2D eigenvalue weighted by atomic mass is 10.2. The molecule has 0 saturated heterocycles. The maximum Gasteiger partial charge on any atom is 0.216 e. The Morgan fingerprint density at radius 2 is 2.04 bits per heavy atom. The first-order valence-corrected chi connectivity index (χ1v) is 8.32. The molecule has 0 fully saturated rings. The molecule has 1 heterocycles. The zero-order valence-corrected chi connectivity index (χ0v) is 13.8. The monoisotopic (exact) mass is 352 g/mol. The molecule has 0 aliphatic carbocycles. The SMILES string of the molecule is N#CC(=CNc1ccccc1SCc1ccccc1F)c1nn[nH]n1. The van der Waals surface area contributed by atoms with Crippen LogP contribution in [-0.4, -0.2) is 20.6 Å². The van der Waals surface area contributed by atoms with Gasteiger partial charge in [0.15, 0.2) is 0 Å². The van der Waals surface area contributed by atoms with E-state index in [4.69, 9.17) is 0 Å². The number of halogens is 1. The lowest BCUT2D eigenvalue weighted by molar-refractivity contribution is 0.617. The number of aromatic nitrogens is 4. The van der Waals surface area contributed by atoms with E-state index < -0.39 is 0 Å². The fourth-order valence-electron chi connectivity index (χ4n) is 2.06. The molecular weight excluding hydrogens is 339 g/mol. The fraction of sp³-hybridized carbons (Fsp3) is 0.0588. The molecule has 2 N–H and O–H groups in total. The summed E-state index contributed by atoms with van der Waals surface area (Å²) in [6, 6.07) is 16.3. The van der Waals surface area contributed by atoms with E-state index in [1.54, 1.807) is 12.1 Å². The van der Waals surface area contributed by atoms with Crippen molar-refractivity contribution in [3.63, 3.8) is 0 Å². The summed E-state index contributed by atoms with van der Waals surface area (Å²) < 4.78 is 13.8. The third-order valence-corrected chi connectivity index (χ3v) is 4.43. The first-order valence-electron chi connectivity index (χ1n) is 7.34. The maximum absolute atomic E-state index is 13.8. The second-order valence-electron chi connectivity index (χ2n) is 4.93. The average Bonchev–Trinajstić information content (AvgIpc) is 3.17. The standard InChI is InChI=1S/C17H13FN6S/c18-14-6-2-1-5-12(14)11-25-16-8-4-3-7-15(16)20-10-13(9-19)17-21-23-24-22-17/h1-8,10,20H,11H2,(H,21,22,23,24). The van der Waals surface area contributed by atoms with Gasteiger partial charge in [0.1, 0.15) is 17.5 Å². The summed E-state index contributed by atoms with van der Waals surface area (Å²) in [4.78, 5) is 0.937. The molecular formula is C17H13FN6S. The smallest absolute Gasteiger partial charge is 0.216 e. The number of thioether (sulfide) groups is 1. The van der Waals surface area contributed by atoms with Gasteiger partial charge < -0.3 is 5.32 Å². The number of H-pyrrole nitrogens is 1. The first-order chi connectivity index (χ1) is 12.3. The zero-order valence-electron chi connectivity index (χ0n) is 13.0. The number of benzene rings is 2. The van der Waals surface area contributed by atoms with E-state index in [0.717, 1.165) is 10.6 Å². The van der Waals surface area contributed by atoms with Crippen molar-refractivity contribution in [2.75, 3.05) is 5.32 Å². The van der Waals surface area contributed by atoms with Gasteiger partial charge in [0, 0.05) is 16.8 Å². The molecule has 3 rings (SSSR count). The van der Waals surface area contributed by atoms with Gasteiger partial charge in [-0.3, -0.25) is 0 Å². The van der Waals surface area contributed by atoms with Crippen molar-refractivity contribution in [2.45, 2.75) is 10.6 Å². The summed E-state index contributed by atoms with van der Waals surface area (Å²) in [6.45, 7) is 0. The summed E-state index contributed by atoms with van der Waals surface area (Å²) in [6.07, 6.45) is 1.52. The Bertz CT molecular complexity index is 917. The van der Waals surface area contributed by atoms with E-state index in [9.17, 15) is 9.65 Å². The molecule has 0 spiro atoms. The van der Waals surface area contributed by atoms with Crippen molar-refractivity contribution >= 4 is 23.0 Å². The van der Waals surface area contributed by atoms with Crippen LogP contribution in [0.25, 0.3) is 5.57 Å². The molecule has 2 aromatic carbocycles. The van der Waals surface area contributed by atoms with Gasteiger partial charge >= 0.3 is 0 Å². The van der Waals surface area contributed by atoms with E-state index in [0.29, 0.717) is 11.3 Å². The molecule has 1 aromatic heterocycles. The molecule has 25 heavy (non-hydrogen) atoms. The lowest BCUT2D eigenvalue weighted by Crippen LogP contribution is -1.95. The van der Waals surface area contributed by atoms with Crippen LogP contribution in [0.1, 0.15) is 11.4 Å². The first kappa shape index (κ1) is 16.7. The van der Waals surface area contributed by atoms with Gasteiger partial charge in [0.05, 0.1) is 5.69 Å². The van der Waals surface area contributed by atoms with Crippen LogP contribution in [0.15, 0.2) is 59.6 Å². The maximum atomic E-state index is 13.8. The van der Waals surface area contributed by atoms with E-state index in [1.165, 1.54) is 24.0 Å². The lowest BCUT2D eigenvalue weighted by Gasteiger charge is -2.09. The normalized spacial score (nSPS) is 11.1. The van der Waals surface area contributed by atoms with Crippen LogP contribution in [0.5, 0.6) is 0 Å². The van der Waals surface area contributed by atoms with Crippen molar-refractivity contribution in [3.8, 4) is 6.07 Å². The molecule has 0 radical (unpaired) electrons. The Morgan fingerprint density at radius 3 is 2.80 bits per heavy atom. The highest BCUT2D eigenvalue weighted by atomic mass is 32.2. The predicted molar refractivity (Wildman–Crippen MR) is 93.8 cm³/mol. The summed E-state index contributed by atoms with van der Waals surface area (Å²) in [5.74, 6) is 0.501. The quantitative estimate of drug-likeness (QED) is 0.520. The minimum Gasteiger partial charge on any atom is -0.359 e. The van der Waals surface area contributed by atoms with Crippen molar-refractivity contribution in [3.05, 3.63) is 71.9 Å². The molecule has 3 aromatic rings. The Kier molecular flexibility index (Phi) is 5.39. The van der Waals surface area contributed by atoms with E-state index in [2.05, 4.69) is 25.9 Å². The fourth-order valence-corrected chi connectivity index (χ4v) is 3.06. The van der Waals surface area contributed by atoms with Crippen LogP contribution in [0.3, 0.4) is 0 Å². The highest BCUT2D eigenvalue weighted by molar-refractivity contribution is 7.98. The van der Waals surface area contributed by atoms with Gasteiger partial charge in [0.2, 0.25) is 5.82 Å². The number of nitrogens with zero attached hydrogens (tertiary/aromatic N) is 4. The second-order valence-corrected chi connectivity index (χ2v) is 5.94. The van der Waals surface area contributed by atoms with Gasteiger partial charge in [-0.25, -0.2) is 4.39 Å². The van der Waals surface area contributed by atoms with Gasteiger partial charge in [-0.1, -0.05) is 30.3 Å². The highest BCUT2D eigenvalue weighted by Crippen LogP contribution is 2.30. The van der Waals surface area contributed by atoms with Crippen LogP contribution in [0.4, 0.5) is 10.1 Å². The van der Waals surface area contributed by atoms with Crippen molar-refractivity contribution in [2.24, 2.45) is 0 Å². The predicted octanol–water partition coefficient (Wildman–Crippen LogP) is 3.61. The Morgan fingerprint density at radius 1 is 1.24 bits per heavy atom. The number of allylic oxidation sites excluding steroid dienone is 1. The van der Waals surface area contributed by atoms with Gasteiger partial charge in [-0.15, -0.1) is 22.0 Å². The van der Waals surface area contributed by atoms with Crippen molar-refractivity contribution < 1.29 is 4.39 Å². The topological polar surface area (TPSA) is 90.3 Å². The summed E-state index contributed by atoms with van der Waals surface area (Å²) in [5, 5.41) is 25.6. The molecule has 124 valence electrons. The van der Waals surface area contributed by atoms with E-state index in [1.807, 2.05) is 36.4 Å². The van der Waals surface area contributed by atoms with Crippen molar-refractivity contribution in [1.29, 1.82) is 5.26 Å². The Labute approximate surface area is 147 Å². The number of tetrazole rings is 1. The molecule has 0 amide bonds. The molecule has 8 heteroatoms. The Balaban J connectivity index is 1.75. The second kappa shape index (κ2) is 8.08. The van der Waals surface area contributed by atoms with Crippen molar-refractivity contribution in [1.82, 2.24) is 20.6 Å². The highest BCUT2D eigenvalue weighted by Gasteiger charge is 2.08. The number of hydrogen-bond acceptors (Lipinski definition) is 6. The third kappa shape index (κ3) is 4.22. The number of rotatable bonds is 6. The Hall–Kier alpha value is -3.18. The van der Waals surface area contributed by atoms with E-state index >= 15 is 0 Å². The summed E-state index contributed by atoms with van der Waals surface area (Å²) >= 11 is 1.51. The summed E-state index contributed by atoms with van der Waals surface area (Å²) in [5.41, 5.74) is 1.70. The van der Waals surface area contributed by atoms with Gasteiger partial charge in [-0.05, 0) is 29.0 Å². The number of aromatic amines is 1. The molecule has 0 atom stereocenters. The molecule has 0 aliphatic rings.